The summed E-state index contributed by atoms with van der Waals surface area (Å²) in [5, 5.41) is 13.0. The monoisotopic (exact) mass is 227 g/mol. The van der Waals surface area contributed by atoms with E-state index in [1.54, 1.807) is 13.8 Å². The van der Waals surface area contributed by atoms with Gasteiger partial charge in [-0.25, -0.2) is 0 Å². The Bertz CT molecular complexity index is 247. The molecule has 0 unspecified atom stereocenters. The number of hydrogen-bond donors (Lipinski definition) is 2. The van der Waals surface area contributed by atoms with E-state index in [9.17, 15) is 9.90 Å². The highest BCUT2D eigenvalue weighted by Crippen LogP contribution is 2.26. The minimum absolute atomic E-state index is 0.104. The van der Waals surface area contributed by atoms with Crippen molar-refractivity contribution in [3.8, 4) is 0 Å². The van der Waals surface area contributed by atoms with Crippen molar-refractivity contribution in [3.63, 3.8) is 0 Å². The normalized spacial score (nSPS) is 19.6. The van der Waals surface area contributed by atoms with E-state index < -0.39 is 11.1 Å². The molecule has 3 heteroatoms. The van der Waals surface area contributed by atoms with Crippen molar-refractivity contribution in [2.75, 3.05) is 0 Å². The van der Waals surface area contributed by atoms with E-state index in [0.717, 1.165) is 25.7 Å². The number of carbonyl (C=O) groups excluding carboxylic acids is 1. The maximum absolute atomic E-state index is 12.0. The van der Waals surface area contributed by atoms with Crippen LogP contribution in [0, 0.1) is 5.92 Å². The summed E-state index contributed by atoms with van der Waals surface area (Å²) in [4.78, 5) is 12.0. The average molecular weight is 227 g/mol. The van der Waals surface area contributed by atoms with Gasteiger partial charge in [0.1, 0.15) is 0 Å². The van der Waals surface area contributed by atoms with Crippen molar-refractivity contribution in [1.29, 1.82) is 0 Å². The molecular formula is C13H25NO2. The summed E-state index contributed by atoms with van der Waals surface area (Å²) >= 11 is 0. The third-order valence-electron chi connectivity index (χ3n) is 3.94. The zero-order chi connectivity index (χ0) is 12.4. The molecule has 1 saturated carbocycles. The van der Waals surface area contributed by atoms with Gasteiger partial charge in [-0.15, -0.1) is 0 Å². The van der Waals surface area contributed by atoms with Gasteiger partial charge in [0.05, 0.1) is 11.1 Å². The number of carbonyl (C=O) groups is 1. The van der Waals surface area contributed by atoms with Crippen LogP contribution in [0.15, 0.2) is 0 Å². The second kappa shape index (κ2) is 4.74. The van der Waals surface area contributed by atoms with Crippen LogP contribution in [0.4, 0.5) is 0 Å². The third kappa shape index (κ3) is 3.21. The van der Waals surface area contributed by atoms with E-state index in [0.29, 0.717) is 0 Å². The first-order chi connectivity index (χ1) is 7.24. The maximum atomic E-state index is 12.0. The van der Waals surface area contributed by atoms with E-state index in [1.807, 2.05) is 13.8 Å². The van der Waals surface area contributed by atoms with E-state index in [-0.39, 0.29) is 11.8 Å². The third-order valence-corrected chi connectivity index (χ3v) is 3.94. The Morgan fingerprint density at radius 1 is 1.12 bits per heavy atom. The minimum Gasteiger partial charge on any atom is -0.388 e. The molecule has 0 spiro atoms. The fourth-order valence-electron chi connectivity index (χ4n) is 1.93. The number of nitrogens with one attached hydrogen (secondary N) is 1. The van der Waals surface area contributed by atoms with Gasteiger partial charge in [0.15, 0.2) is 0 Å². The van der Waals surface area contributed by atoms with Crippen molar-refractivity contribution in [2.45, 2.75) is 70.9 Å². The molecule has 0 aromatic carbocycles. The van der Waals surface area contributed by atoms with Gasteiger partial charge in [0, 0.05) is 5.92 Å². The Balaban J connectivity index is 2.56. The first-order valence-electron chi connectivity index (χ1n) is 6.28. The van der Waals surface area contributed by atoms with Gasteiger partial charge < -0.3 is 10.4 Å². The molecule has 2 N–H and O–H groups in total. The lowest BCUT2D eigenvalue weighted by molar-refractivity contribution is -0.131. The topological polar surface area (TPSA) is 49.3 Å². The standard InChI is InChI=1S/C13H25NO2/c1-12(2,13(3,4)16)14-11(15)10-8-6-5-7-9-10/h10,16H,5-9H2,1-4H3,(H,14,15). The Morgan fingerprint density at radius 2 is 1.62 bits per heavy atom. The molecule has 0 radical (unpaired) electrons. The van der Waals surface area contributed by atoms with Crippen LogP contribution in [0.25, 0.3) is 0 Å². The highest BCUT2D eigenvalue weighted by Gasteiger charge is 2.37. The second-order valence-electron chi connectivity index (χ2n) is 6.01. The highest BCUT2D eigenvalue weighted by molar-refractivity contribution is 5.79. The van der Waals surface area contributed by atoms with Gasteiger partial charge in [0.2, 0.25) is 5.91 Å². The van der Waals surface area contributed by atoms with E-state index >= 15 is 0 Å². The molecule has 3 nitrogen and oxygen atoms in total. The smallest absolute Gasteiger partial charge is 0.223 e. The predicted molar refractivity (Wildman–Crippen MR) is 65.1 cm³/mol. The van der Waals surface area contributed by atoms with Crippen molar-refractivity contribution in [3.05, 3.63) is 0 Å². The van der Waals surface area contributed by atoms with E-state index in [4.69, 9.17) is 0 Å². The lowest BCUT2D eigenvalue weighted by atomic mass is 9.83. The quantitative estimate of drug-likeness (QED) is 0.777. The van der Waals surface area contributed by atoms with Crippen molar-refractivity contribution >= 4 is 5.91 Å². The molecule has 1 rings (SSSR count). The summed E-state index contributed by atoms with van der Waals surface area (Å²) in [5.41, 5.74) is -1.49. The lowest BCUT2D eigenvalue weighted by Gasteiger charge is -2.39. The molecule has 0 heterocycles. The number of hydrogen-bond acceptors (Lipinski definition) is 2. The maximum Gasteiger partial charge on any atom is 0.223 e. The molecule has 0 bridgehead atoms. The number of aliphatic hydroxyl groups is 1. The highest BCUT2D eigenvalue weighted by atomic mass is 16.3. The summed E-state index contributed by atoms with van der Waals surface area (Å²) in [6, 6.07) is 0. The van der Waals surface area contributed by atoms with Crippen LogP contribution in [0.3, 0.4) is 0 Å². The first kappa shape index (κ1) is 13.5. The van der Waals surface area contributed by atoms with Gasteiger partial charge in [0.25, 0.3) is 0 Å². The van der Waals surface area contributed by atoms with Gasteiger partial charge in [-0.2, -0.15) is 0 Å². The summed E-state index contributed by atoms with van der Waals surface area (Å²) in [6.07, 6.45) is 5.54. The van der Waals surface area contributed by atoms with Gasteiger partial charge >= 0.3 is 0 Å². The number of amides is 1. The molecular weight excluding hydrogens is 202 g/mol. The van der Waals surface area contributed by atoms with Gasteiger partial charge in [-0.05, 0) is 40.5 Å². The zero-order valence-corrected chi connectivity index (χ0v) is 11.0. The molecule has 1 fully saturated rings. The molecule has 0 aromatic rings. The van der Waals surface area contributed by atoms with Crippen LogP contribution < -0.4 is 5.32 Å². The molecule has 0 aliphatic heterocycles. The van der Waals surface area contributed by atoms with Crippen LogP contribution in [0.5, 0.6) is 0 Å². The van der Waals surface area contributed by atoms with Gasteiger partial charge in [-0.1, -0.05) is 19.3 Å². The summed E-state index contributed by atoms with van der Waals surface area (Å²) in [5.74, 6) is 0.252. The van der Waals surface area contributed by atoms with E-state index in [2.05, 4.69) is 5.32 Å². The zero-order valence-electron chi connectivity index (χ0n) is 11.0. The average Bonchev–Trinajstić information content (AvgIpc) is 2.16. The van der Waals surface area contributed by atoms with Crippen LogP contribution in [0.1, 0.15) is 59.8 Å². The summed E-state index contributed by atoms with van der Waals surface area (Å²) < 4.78 is 0. The fraction of sp³-hybridized carbons (Fsp3) is 0.923. The molecule has 0 aromatic heterocycles. The Hall–Kier alpha value is -0.570. The van der Waals surface area contributed by atoms with Gasteiger partial charge in [-0.3, -0.25) is 4.79 Å². The Morgan fingerprint density at radius 3 is 2.06 bits per heavy atom. The summed E-state index contributed by atoms with van der Waals surface area (Å²) in [7, 11) is 0. The molecule has 1 amide bonds. The van der Waals surface area contributed by atoms with Crippen LogP contribution in [0.2, 0.25) is 0 Å². The summed E-state index contributed by atoms with van der Waals surface area (Å²) in [6.45, 7) is 7.20. The minimum atomic E-state index is -0.905. The van der Waals surface area contributed by atoms with E-state index in [1.165, 1.54) is 6.42 Å². The van der Waals surface area contributed by atoms with Crippen LogP contribution >= 0.6 is 0 Å². The molecule has 94 valence electrons. The molecule has 1 aliphatic rings. The lowest BCUT2D eigenvalue weighted by Crippen LogP contribution is -2.58. The Labute approximate surface area is 98.6 Å². The predicted octanol–water partition coefficient (Wildman–Crippen LogP) is 2.23. The molecule has 1 aliphatic carbocycles. The van der Waals surface area contributed by atoms with Crippen LogP contribution in [-0.2, 0) is 4.79 Å². The molecule has 0 atom stereocenters. The van der Waals surface area contributed by atoms with Crippen molar-refractivity contribution in [1.82, 2.24) is 5.32 Å². The van der Waals surface area contributed by atoms with Crippen molar-refractivity contribution < 1.29 is 9.90 Å². The number of rotatable bonds is 3. The van der Waals surface area contributed by atoms with Crippen molar-refractivity contribution in [2.24, 2.45) is 5.92 Å². The largest absolute Gasteiger partial charge is 0.388 e. The fourth-order valence-corrected chi connectivity index (χ4v) is 1.93. The SMILES string of the molecule is CC(C)(O)C(C)(C)NC(=O)C1CCCCC1. The van der Waals surface area contributed by atoms with Crippen LogP contribution in [-0.4, -0.2) is 22.2 Å². The second-order valence-corrected chi connectivity index (χ2v) is 6.01. The Kier molecular flexibility index (Phi) is 4.00. The molecule has 0 saturated heterocycles. The molecule has 16 heavy (non-hydrogen) atoms. The first-order valence-corrected chi connectivity index (χ1v) is 6.28.